The molecular formula is C17H27N3O2S2. The highest BCUT2D eigenvalue weighted by atomic mass is 32.2. The van der Waals surface area contributed by atoms with E-state index in [2.05, 4.69) is 10.6 Å². The van der Waals surface area contributed by atoms with Crippen LogP contribution in [-0.4, -0.2) is 36.0 Å². The normalized spacial score (nSPS) is 22.4. The van der Waals surface area contributed by atoms with Crippen LogP contribution >= 0.6 is 12.2 Å². The van der Waals surface area contributed by atoms with Gasteiger partial charge < -0.3 is 10.6 Å². The molecule has 0 bridgehead atoms. The summed E-state index contributed by atoms with van der Waals surface area (Å²) in [5, 5.41) is 6.68. The fourth-order valence-electron chi connectivity index (χ4n) is 3.13. The average Bonchev–Trinajstić information content (AvgIpc) is 2.46. The van der Waals surface area contributed by atoms with E-state index in [1.54, 1.807) is 28.6 Å². The Kier molecular flexibility index (Phi) is 6.22. The van der Waals surface area contributed by atoms with Crippen LogP contribution in [0.3, 0.4) is 0 Å². The van der Waals surface area contributed by atoms with Crippen molar-refractivity contribution < 1.29 is 8.42 Å². The van der Waals surface area contributed by atoms with Crippen molar-refractivity contribution in [2.45, 2.75) is 70.0 Å². The van der Waals surface area contributed by atoms with Gasteiger partial charge in [0.25, 0.3) is 0 Å². The van der Waals surface area contributed by atoms with Crippen LogP contribution in [0, 0.1) is 0 Å². The van der Waals surface area contributed by atoms with Gasteiger partial charge in [-0.05, 0) is 77.0 Å². The molecule has 0 radical (unpaired) electrons. The van der Waals surface area contributed by atoms with Gasteiger partial charge in [-0.15, -0.1) is 0 Å². The topological polar surface area (TPSA) is 61.4 Å². The third-order valence-electron chi connectivity index (χ3n) is 4.22. The molecule has 1 aromatic carbocycles. The van der Waals surface area contributed by atoms with Crippen LogP contribution < -0.4 is 10.6 Å². The summed E-state index contributed by atoms with van der Waals surface area (Å²) in [6.07, 6.45) is 2.91. The number of benzene rings is 1. The molecule has 2 atom stereocenters. The Labute approximate surface area is 150 Å². The summed E-state index contributed by atoms with van der Waals surface area (Å²) in [5.74, 6) is 0. The van der Waals surface area contributed by atoms with E-state index in [1.807, 2.05) is 27.7 Å². The predicted molar refractivity (Wildman–Crippen MR) is 103 cm³/mol. The largest absolute Gasteiger partial charge is 0.360 e. The SMILES string of the molecule is CC(C)NC(=S)Nc1ccc(S(=O)(=O)N2[C@H](C)CCC[C@@H]2C)cc1. The second-order valence-corrected chi connectivity index (χ2v) is 8.99. The molecule has 1 aromatic rings. The number of hydrogen-bond acceptors (Lipinski definition) is 3. The summed E-state index contributed by atoms with van der Waals surface area (Å²) < 4.78 is 27.6. The molecule has 0 aromatic heterocycles. The summed E-state index contributed by atoms with van der Waals surface area (Å²) in [4.78, 5) is 0.330. The molecule has 1 aliphatic heterocycles. The quantitative estimate of drug-likeness (QED) is 0.797. The number of thiocarbonyl (C=S) groups is 1. The van der Waals surface area contributed by atoms with Gasteiger partial charge >= 0.3 is 0 Å². The van der Waals surface area contributed by atoms with Gasteiger partial charge in [0.15, 0.2) is 5.11 Å². The molecule has 0 unspecified atom stereocenters. The van der Waals surface area contributed by atoms with E-state index in [0.717, 1.165) is 24.9 Å². The van der Waals surface area contributed by atoms with Gasteiger partial charge in [-0.3, -0.25) is 0 Å². The zero-order valence-electron chi connectivity index (χ0n) is 14.7. The molecule has 0 aliphatic carbocycles. The van der Waals surface area contributed by atoms with Crippen molar-refractivity contribution in [1.29, 1.82) is 0 Å². The fraction of sp³-hybridized carbons (Fsp3) is 0.588. The van der Waals surface area contributed by atoms with Crippen molar-refractivity contribution in [1.82, 2.24) is 9.62 Å². The smallest absolute Gasteiger partial charge is 0.243 e. The third-order valence-corrected chi connectivity index (χ3v) is 6.58. The Balaban J connectivity index is 2.15. The van der Waals surface area contributed by atoms with Crippen molar-refractivity contribution in [3.63, 3.8) is 0 Å². The van der Waals surface area contributed by atoms with Crippen LogP contribution in [0.4, 0.5) is 5.69 Å². The Morgan fingerprint density at radius 2 is 1.71 bits per heavy atom. The van der Waals surface area contributed by atoms with E-state index in [1.165, 1.54) is 0 Å². The number of anilines is 1. The molecule has 1 heterocycles. The Hall–Kier alpha value is -1.18. The maximum Gasteiger partial charge on any atom is 0.243 e. The number of sulfonamides is 1. The molecule has 0 amide bonds. The molecule has 0 saturated carbocycles. The molecule has 1 fully saturated rings. The zero-order chi connectivity index (χ0) is 17.9. The van der Waals surface area contributed by atoms with Gasteiger partial charge in [0.1, 0.15) is 0 Å². The average molecular weight is 370 g/mol. The molecule has 2 N–H and O–H groups in total. The molecule has 0 spiro atoms. The molecule has 7 heteroatoms. The molecule has 134 valence electrons. The summed E-state index contributed by atoms with van der Waals surface area (Å²) in [6, 6.07) is 7.11. The van der Waals surface area contributed by atoms with Crippen LogP contribution in [0.1, 0.15) is 47.0 Å². The van der Waals surface area contributed by atoms with Crippen molar-refractivity contribution >= 4 is 33.0 Å². The molecule has 1 aliphatic rings. The van der Waals surface area contributed by atoms with E-state index in [4.69, 9.17) is 12.2 Å². The Bertz CT molecular complexity index is 662. The lowest BCUT2D eigenvalue weighted by Gasteiger charge is -2.37. The molecule has 2 rings (SSSR count). The molecule has 24 heavy (non-hydrogen) atoms. The first-order chi connectivity index (χ1) is 11.2. The molecule has 5 nitrogen and oxygen atoms in total. The summed E-state index contributed by atoms with van der Waals surface area (Å²) >= 11 is 5.20. The standard InChI is InChI=1S/C17H27N3O2S2/c1-12(2)18-17(23)19-15-8-10-16(11-9-15)24(21,22)20-13(3)6-5-7-14(20)4/h8-14H,5-7H2,1-4H3,(H2,18,19,23)/t13-,14+. The number of piperidine rings is 1. The van der Waals surface area contributed by atoms with Gasteiger partial charge in [-0.1, -0.05) is 6.42 Å². The minimum atomic E-state index is -3.47. The maximum atomic E-state index is 13.0. The first-order valence-electron chi connectivity index (χ1n) is 8.43. The molecular weight excluding hydrogens is 342 g/mol. The lowest BCUT2D eigenvalue weighted by molar-refractivity contribution is 0.204. The number of nitrogens with zero attached hydrogens (tertiary/aromatic N) is 1. The number of hydrogen-bond donors (Lipinski definition) is 2. The summed E-state index contributed by atoms with van der Waals surface area (Å²) in [6.45, 7) is 7.98. The highest BCUT2D eigenvalue weighted by molar-refractivity contribution is 7.89. The highest BCUT2D eigenvalue weighted by Gasteiger charge is 2.35. The second-order valence-electron chi connectivity index (χ2n) is 6.74. The number of rotatable bonds is 4. The van der Waals surface area contributed by atoms with Crippen molar-refractivity contribution in [3.8, 4) is 0 Å². The van der Waals surface area contributed by atoms with E-state index < -0.39 is 10.0 Å². The van der Waals surface area contributed by atoms with E-state index in [0.29, 0.717) is 10.0 Å². The van der Waals surface area contributed by atoms with Gasteiger partial charge in [-0.2, -0.15) is 4.31 Å². The van der Waals surface area contributed by atoms with Gasteiger partial charge in [0, 0.05) is 23.8 Å². The van der Waals surface area contributed by atoms with Crippen molar-refractivity contribution in [2.75, 3.05) is 5.32 Å². The monoisotopic (exact) mass is 369 g/mol. The van der Waals surface area contributed by atoms with Crippen molar-refractivity contribution in [2.24, 2.45) is 0 Å². The molecule has 1 saturated heterocycles. The van der Waals surface area contributed by atoms with E-state index in [9.17, 15) is 8.42 Å². The first kappa shape index (κ1) is 19.1. The van der Waals surface area contributed by atoms with Gasteiger partial charge in [0.05, 0.1) is 4.90 Å². The predicted octanol–water partition coefficient (Wildman–Crippen LogP) is 3.33. The van der Waals surface area contributed by atoms with Crippen LogP contribution in [0.25, 0.3) is 0 Å². The number of nitrogens with one attached hydrogen (secondary N) is 2. The summed E-state index contributed by atoms with van der Waals surface area (Å²) in [5.41, 5.74) is 0.770. The van der Waals surface area contributed by atoms with Crippen LogP contribution in [0.15, 0.2) is 29.2 Å². The van der Waals surface area contributed by atoms with Crippen molar-refractivity contribution in [3.05, 3.63) is 24.3 Å². The van der Waals surface area contributed by atoms with Crippen LogP contribution in [0.2, 0.25) is 0 Å². The Morgan fingerprint density at radius 1 is 1.17 bits per heavy atom. The van der Waals surface area contributed by atoms with Gasteiger partial charge in [-0.25, -0.2) is 8.42 Å². The van der Waals surface area contributed by atoms with E-state index in [-0.39, 0.29) is 18.1 Å². The highest BCUT2D eigenvalue weighted by Crippen LogP contribution is 2.29. The first-order valence-corrected chi connectivity index (χ1v) is 10.3. The lowest BCUT2D eigenvalue weighted by atomic mass is 10.0. The minimum Gasteiger partial charge on any atom is -0.360 e. The lowest BCUT2D eigenvalue weighted by Crippen LogP contribution is -2.47. The van der Waals surface area contributed by atoms with Crippen LogP contribution in [-0.2, 0) is 10.0 Å². The Morgan fingerprint density at radius 3 is 2.21 bits per heavy atom. The van der Waals surface area contributed by atoms with Gasteiger partial charge in [0.2, 0.25) is 10.0 Å². The summed E-state index contributed by atoms with van der Waals surface area (Å²) in [7, 11) is -3.47. The van der Waals surface area contributed by atoms with Crippen LogP contribution in [0.5, 0.6) is 0 Å². The zero-order valence-corrected chi connectivity index (χ0v) is 16.4. The van der Waals surface area contributed by atoms with E-state index >= 15 is 0 Å². The third kappa shape index (κ3) is 4.46. The minimum absolute atomic E-state index is 0.0411. The maximum absolute atomic E-state index is 13.0. The second kappa shape index (κ2) is 7.80. The fourth-order valence-corrected chi connectivity index (χ4v) is 5.37.